The number of benzene rings is 2. The van der Waals surface area contributed by atoms with Crippen LogP contribution in [0.5, 0.6) is 0 Å². The second kappa shape index (κ2) is 14.4. The molecule has 52 heavy (non-hydrogen) atoms. The quantitative estimate of drug-likeness (QED) is 0.242. The molecule has 5 heterocycles. The summed E-state index contributed by atoms with van der Waals surface area (Å²) in [7, 11) is 1.59. The summed E-state index contributed by atoms with van der Waals surface area (Å²) in [6.07, 6.45) is 3.15. The Morgan fingerprint density at radius 3 is 2.48 bits per heavy atom. The van der Waals surface area contributed by atoms with Gasteiger partial charge in [-0.1, -0.05) is 36.3 Å². The average Bonchev–Trinajstić information content (AvgIpc) is 3.54. The summed E-state index contributed by atoms with van der Waals surface area (Å²) < 4.78 is 4.26. The van der Waals surface area contributed by atoms with Gasteiger partial charge in [0.15, 0.2) is 11.2 Å². The Morgan fingerprint density at radius 1 is 0.942 bits per heavy atom. The topological polar surface area (TPSA) is 166 Å². The van der Waals surface area contributed by atoms with Gasteiger partial charge in [0.2, 0.25) is 5.95 Å². The molecular formula is C38H42N10O4. The molecule has 2 aliphatic rings. The molecule has 5 aromatic rings. The van der Waals surface area contributed by atoms with Crippen LogP contribution in [-0.4, -0.2) is 83.6 Å². The lowest BCUT2D eigenvalue weighted by atomic mass is 10.0. The Balaban J connectivity index is 1.18. The second-order valence-corrected chi connectivity index (χ2v) is 13.5. The van der Waals surface area contributed by atoms with Crippen LogP contribution in [0.3, 0.4) is 0 Å². The van der Waals surface area contributed by atoms with Crippen molar-refractivity contribution in [3.05, 3.63) is 92.0 Å². The van der Waals surface area contributed by atoms with E-state index in [0.29, 0.717) is 55.5 Å². The molecule has 7 rings (SSSR count). The Kier molecular flexibility index (Phi) is 9.61. The monoisotopic (exact) mass is 702 g/mol. The van der Waals surface area contributed by atoms with E-state index < -0.39 is 11.2 Å². The summed E-state index contributed by atoms with van der Waals surface area (Å²) in [6, 6.07) is 14.1. The largest absolute Gasteiger partial charge is 0.348 e. The van der Waals surface area contributed by atoms with Crippen LogP contribution >= 0.6 is 0 Å². The normalized spacial score (nSPS) is 17.6. The lowest BCUT2D eigenvalue weighted by Gasteiger charge is -2.34. The molecule has 2 aliphatic heterocycles. The van der Waals surface area contributed by atoms with Crippen LogP contribution in [0.1, 0.15) is 64.8 Å². The molecular weight excluding hydrogens is 660 g/mol. The molecule has 0 saturated carbocycles. The predicted octanol–water partition coefficient (Wildman–Crippen LogP) is 2.18. The zero-order chi connectivity index (χ0) is 36.5. The molecule has 2 aromatic carbocycles. The van der Waals surface area contributed by atoms with Gasteiger partial charge in [0.25, 0.3) is 17.4 Å². The molecule has 14 heteroatoms. The van der Waals surface area contributed by atoms with Gasteiger partial charge in [0.05, 0.1) is 29.7 Å². The van der Waals surface area contributed by atoms with Crippen LogP contribution in [0.25, 0.3) is 22.1 Å². The first-order valence-electron chi connectivity index (χ1n) is 17.7. The van der Waals surface area contributed by atoms with Gasteiger partial charge >= 0.3 is 5.69 Å². The number of nitrogens with zero attached hydrogens (tertiary/aromatic N) is 8. The lowest BCUT2D eigenvalue weighted by Crippen LogP contribution is -2.49. The van der Waals surface area contributed by atoms with Crippen molar-refractivity contribution in [2.75, 3.05) is 31.1 Å². The molecule has 0 unspecified atom stereocenters. The number of nitrogens with two attached hydrogens (primary N) is 1. The Hall–Kier alpha value is -5.81. The number of carbonyl (C=O) groups excluding carboxylic acids is 2. The maximum atomic E-state index is 14.2. The van der Waals surface area contributed by atoms with E-state index >= 15 is 0 Å². The minimum Gasteiger partial charge on any atom is -0.348 e. The van der Waals surface area contributed by atoms with E-state index in [4.69, 9.17) is 10.7 Å². The first kappa shape index (κ1) is 34.6. The number of carbonyl (C=O) groups is 2. The van der Waals surface area contributed by atoms with Gasteiger partial charge in [-0.3, -0.25) is 28.1 Å². The van der Waals surface area contributed by atoms with E-state index in [0.717, 1.165) is 40.4 Å². The summed E-state index contributed by atoms with van der Waals surface area (Å²) in [6.45, 7) is 5.75. The first-order chi connectivity index (χ1) is 25.1. The molecule has 3 aromatic heterocycles. The summed E-state index contributed by atoms with van der Waals surface area (Å²) in [4.78, 5) is 72.9. The van der Waals surface area contributed by atoms with Gasteiger partial charge in [0.1, 0.15) is 5.82 Å². The maximum absolute atomic E-state index is 14.2. The van der Waals surface area contributed by atoms with E-state index in [1.165, 1.54) is 4.57 Å². The standard InChI is InChI=1S/C38H42N10O4/c1-4-5-20-47-32-33(44(3)38(52)48(36(32)51)23-31-40-24(2)27-14-8-9-17-30(27)42-31)43-37(47)46-19-11-13-26(22-46)41-34(49)28-15-6-7-16-29(28)35(50)45-18-10-12-25(39)21-45/h6-9,14-17,25-26H,10-13,18-23,39H2,1-3H3,(H,41,49)/t25-,26-/m1/s1. The molecule has 2 fully saturated rings. The number of hydrogen-bond donors (Lipinski definition) is 2. The van der Waals surface area contributed by atoms with Crippen molar-refractivity contribution in [3.63, 3.8) is 0 Å². The zero-order valence-corrected chi connectivity index (χ0v) is 29.6. The highest BCUT2D eigenvalue weighted by atomic mass is 16.2. The Bertz CT molecular complexity index is 2380. The summed E-state index contributed by atoms with van der Waals surface area (Å²) >= 11 is 0. The summed E-state index contributed by atoms with van der Waals surface area (Å²) in [5.74, 6) is 6.28. The highest BCUT2D eigenvalue weighted by Gasteiger charge is 2.30. The predicted molar refractivity (Wildman–Crippen MR) is 198 cm³/mol. The molecule has 2 saturated heterocycles. The maximum Gasteiger partial charge on any atom is 0.332 e. The van der Waals surface area contributed by atoms with Gasteiger partial charge < -0.3 is 20.9 Å². The first-order valence-corrected chi connectivity index (χ1v) is 17.7. The van der Waals surface area contributed by atoms with Crippen molar-refractivity contribution in [1.82, 2.24) is 38.9 Å². The smallest absolute Gasteiger partial charge is 0.332 e. The summed E-state index contributed by atoms with van der Waals surface area (Å²) in [5.41, 5.74) is 7.73. The number of piperidine rings is 2. The average molecular weight is 703 g/mol. The third-order valence-corrected chi connectivity index (χ3v) is 9.95. The zero-order valence-electron chi connectivity index (χ0n) is 29.6. The number of amides is 2. The second-order valence-electron chi connectivity index (χ2n) is 13.5. The Labute approximate surface area is 300 Å². The van der Waals surface area contributed by atoms with Crippen molar-refractivity contribution in [2.24, 2.45) is 12.8 Å². The van der Waals surface area contributed by atoms with Gasteiger partial charge in [0, 0.05) is 56.4 Å². The van der Waals surface area contributed by atoms with E-state index in [1.54, 1.807) is 47.7 Å². The number of fused-ring (bicyclic) bond motifs is 2. The number of aromatic nitrogens is 6. The third-order valence-electron chi connectivity index (χ3n) is 9.95. The lowest BCUT2D eigenvalue weighted by molar-refractivity contribution is 0.0703. The van der Waals surface area contributed by atoms with Gasteiger partial charge in [-0.05, 0) is 57.7 Å². The molecule has 0 aliphatic carbocycles. The highest BCUT2D eigenvalue weighted by molar-refractivity contribution is 6.07. The fraction of sp³-hybridized carbons (Fsp3) is 0.395. The Morgan fingerprint density at radius 2 is 1.69 bits per heavy atom. The fourth-order valence-electron chi connectivity index (χ4n) is 7.33. The number of aryl methyl sites for hydroxylation is 2. The molecule has 2 amide bonds. The van der Waals surface area contributed by atoms with Crippen molar-refractivity contribution in [2.45, 2.75) is 64.7 Å². The van der Waals surface area contributed by atoms with Gasteiger partial charge in [-0.15, -0.1) is 5.92 Å². The molecule has 14 nitrogen and oxygen atoms in total. The van der Waals surface area contributed by atoms with Crippen molar-refractivity contribution in [3.8, 4) is 11.8 Å². The van der Waals surface area contributed by atoms with Crippen LogP contribution in [-0.2, 0) is 20.1 Å². The molecule has 2 atom stereocenters. The number of likely N-dealkylation sites (tertiary alicyclic amines) is 1. The van der Waals surface area contributed by atoms with Crippen molar-refractivity contribution >= 4 is 39.8 Å². The number of nitrogens with one attached hydrogen (secondary N) is 1. The van der Waals surface area contributed by atoms with Crippen molar-refractivity contribution in [1.29, 1.82) is 0 Å². The molecule has 0 radical (unpaired) electrons. The van der Waals surface area contributed by atoms with E-state index in [9.17, 15) is 19.2 Å². The SMILES string of the molecule is CC#CCn1c(N2CCC[C@@H](NC(=O)c3ccccc3C(=O)N3CCC[C@@H](N)C3)C2)nc2c1c(=O)n(Cc1nc(C)c3ccccc3n1)c(=O)n2C. The van der Waals surface area contributed by atoms with Crippen LogP contribution in [0, 0.1) is 18.8 Å². The number of anilines is 1. The number of para-hydroxylation sites is 1. The summed E-state index contributed by atoms with van der Waals surface area (Å²) in [5, 5.41) is 4.05. The van der Waals surface area contributed by atoms with Crippen LogP contribution in [0.2, 0.25) is 0 Å². The third kappa shape index (κ3) is 6.55. The van der Waals surface area contributed by atoms with E-state index in [2.05, 4.69) is 27.1 Å². The van der Waals surface area contributed by atoms with Crippen LogP contribution in [0.15, 0.2) is 58.1 Å². The molecule has 3 N–H and O–H groups in total. The van der Waals surface area contributed by atoms with Crippen LogP contribution in [0.4, 0.5) is 5.95 Å². The number of rotatable bonds is 7. The minimum atomic E-state index is -0.534. The van der Waals surface area contributed by atoms with Crippen molar-refractivity contribution < 1.29 is 9.59 Å². The number of imidazole rings is 1. The molecule has 268 valence electrons. The van der Waals surface area contributed by atoms with Gasteiger partial charge in [-0.2, -0.15) is 4.98 Å². The van der Waals surface area contributed by atoms with E-state index in [1.807, 2.05) is 36.1 Å². The fourth-order valence-corrected chi connectivity index (χ4v) is 7.33. The van der Waals surface area contributed by atoms with Crippen LogP contribution < -0.4 is 27.2 Å². The highest BCUT2D eigenvalue weighted by Crippen LogP contribution is 2.24. The molecule has 0 bridgehead atoms. The van der Waals surface area contributed by atoms with Gasteiger partial charge in [-0.25, -0.2) is 14.8 Å². The number of hydrogen-bond acceptors (Lipinski definition) is 9. The molecule has 0 spiro atoms. The minimum absolute atomic E-state index is 0.0763. The van der Waals surface area contributed by atoms with E-state index in [-0.39, 0.29) is 48.2 Å².